The van der Waals surface area contributed by atoms with Crippen LogP contribution in [0.2, 0.25) is 36.3 Å². The molecule has 4 aliphatic carbocycles. The fourth-order valence-corrected chi connectivity index (χ4v) is 14.9. The largest absolute Gasteiger partial charge is 0.458 e. The third-order valence-corrected chi connectivity index (χ3v) is 27.5. The quantitative estimate of drug-likeness (QED) is 0.0820. The first kappa shape index (κ1) is 47.4. The molecule has 6 rings (SSSR count). The predicted octanol–water partition coefficient (Wildman–Crippen LogP) is 14.5. The Balaban J connectivity index is 1.34. The van der Waals surface area contributed by atoms with Gasteiger partial charge >= 0.3 is 5.97 Å². The van der Waals surface area contributed by atoms with Gasteiger partial charge in [-0.1, -0.05) is 136 Å². The molecule has 0 radical (unpaired) electrons. The van der Waals surface area contributed by atoms with E-state index in [0.717, 1.165) is 25.0 Å². The second kappa shape index (κ2) is 17.2. The molecule has 5 nitrogen and oxygen atoms in total. The van der Waals surface area contributed by atoms with Crippen molar-refractivity contribution >= 4 is 22.6 Å². The molecule has 2 aromatic rings. The molecule has 0 aromatic heterocycles. The maximum atomic E-state index is 14.1. The average Bonchev–Trinajstić information content (AvgIpc) is 3.46. The number of carbonyl (C=O) groups is 1. The van der Waals surface area contributed by atoms with Gasteiger partial charge in [-0.15, -0.1) is 0 Å². The lowest BCUT2D eigenvalue weighted by molar-refractivity contribution is -0.207. The van der Waals surface area contributed by atoms with Crippen LogP contribution in [-0.2, 0) is 24.9 Å². The van der Waals surface area contributed by atoms with Gasteiger partial charge in [0.2, 0.25) is 0 Å². The van der Waals surface area contributed by atoms with E-state index in [1.54, 1.807) is 5.57 Å². The molecule has 3 saturated carbocycles. The SMILES string of the molecule is C[C@H](CCCO[Si](C)(C)C(C)(C)C)[C@H]1CC[C@@]2(C)C3=CC[C@H]4[C@](C)(COCc5ccccc5)[C@@H](OC(=O)c5ccccc5)C[C@@H](O[Si](C)(C)C(C)(C)C)[C@]4(C)[C@@H]3CC[C@]12C. The van der Waals surface area contributed by atoms with Crippen molar-refractivity contribution in [2.75, 3.05) is 13.2 Å². The van der Waals surface area contributed by atoms with Crippen LogP contribution in [0, 0.1) is 45.3 Å². The van der Waals surface area contributed by atoms with Crippen LogP contribution in [0.25, 0.3) is 0 Å². The lowest BCUT2D eigenvalue weighted by Gasteiger charge is -2.67. The van der Waals surface area contributed by atoms with Gasteiger partial charge in [0.1, 0.15) is 6.10 Å². The molecule has 0 aliphatic heterocycles. The molecule has 0 heterocycles. The number of fused-ring (bicyclic) bond motifs is 5. The molecule has 0 spiro atoms. The monoisotopic (exact) mass is 857 g/mol. The summed E-state index contributed by atoms with van der Waals surface area (Å²) in [4.78, 5) is 14.1. The van der Waals surface area contributed by atoms with Crippen molar-refractivity contribution in [3.8, 4) is 0 Å². The number of ether oxygens (including phenoxy) is 2. The van der Waals surface area contributed by atoms with Crippen molar-refractivity contribution in [2.45, 2.75) is 183 Å². The van der Waals surface area contributed by atoms with Gasteiger partial charge in [-0.3, -0.25) is 0 Å². The highest BCUT2D eigenvalue weighted by Crippen LogP contribution is 2.74. The minimum Gasteiger partial charge on any atom is -0.458 e. The number of hydrogen-bond acceptors (Lipinski definition) is 5. The second-order valence-electron chi connectivity index (χ2n) is 23.9. The highest BCUT2D eigenvalue weighted by atomic mass is 28.4. The van der Waals surface area contributed by atoms with Gasteiger partial charge in [-0.25, -0.2) is 4.79 Å². The Hall–Kier alpha value is -2.04. The van der Waals surface area contributed by atoms with E-state index < -0.39 is 22.0 Å². The molecule has 2 aromatic carbocycles. The van der Waals surface area contributed by atoms with E-state index in [1.807, 2.05) is 30.3 Å². The average molecular weight is 857 g/mol. The highest BCUT2D eigenvalue weighted by molar-refractivity contribution is 6.74. The Labute approximate surface area is 368 Å². The fourth-order valence-electron chi connectivity index (χ4n) is 12.4. The molecule has 60 heavy (non-hydrogen) atoms. The van der Waals surface area contributed by atoms with Gasteiger partial charge in [0, 0.05) is 23.9 Å². The molecule has 334 valence electrons. The molecule has 0 saturated heterocycles. The van der Waals surface area contributed by atoms with Gasteiger partial charge in [0.15, 0.2) is 16.6 Å². The van der Waals surface area contributed by atoms with Gasteiger partial charge < -0.3 is 18.3 Å². The molecule has 3 fully saturated rings. The number of carbonyl (C=O) groups excluding carboxylic acids is 1. The van der Waals surface area contributed by atoms with Crippen LogP contribution in [0.5, 0.6) is 0 Å². The first-order chi connectivity index (χ1) is 27.8. The molecule has 0 bridgehead atoms. The second-order valence-corrected chi connectivity index (χ2v) is 33.4. The Morgan fingerprint density at radius 2 is 1.43 bits per heavy atom. The summed E-state index contributed by atoms with van der Waals surface area (Å²) in [6.45, 7) is 38.5. The highest BCUT2D eigenvalue weighted by Gasteiger charge is 2.69. The van der Waals surface area contributed by atoms with Gasteiger partial charge in [0.05, 0.1) is 24.9 Å². The Bertz CT molecular complexity index is 1810. The molecule has 0 amide bonds. The molecule has 7 heteroatoms. The van der Waals surface area contributed by atoms with Crippen LogP contribution in [0.3, 0.4) is 0 Å². The zero-order chi connectivity index (χ0) is 44.2. The molecule has 0 unspecified atom stereocenters. The van der Waals surface area contributed by atoms with Crippen molar-refractivity contribution < 1.29 is 23.1 Å². The minimum absolute atomic E-state index is 0.0437. The van der Waals surface area contributed by atoms with E-state index >= 15 is 0 Å². The number of benzene rings is 2. The standard InChI is InChI=1S/C53H84O5Si2/c1-38(23-22-34-56-59(12,13)48(2,3)4)41-30-32-52(10)42-28-29-44-50(8,37-55-36-39-24-18-16-19-25-39)45(57-47(54)40-26-20-17-21-27-40)35-46(58-60(14,15)49(5,6)7)53(44,11)43(42)31-33-51(41,52)9/h16-21,24-28,38,41,43-46H,22-23,29-37H2,1-15H3/t38-,41-,43-,44+,45+,46-,50+,51-,52+,53-/m1/s1. The summed E-state index contributed by atoms with van der Waals surface area (Å²) in [5.41, 5.74) is 3.27. The smallest absolute Gasteiger partial charge is 0.338 e. The van der Waals surface area contributed by atoms with Crippen molar-refractivity contribution in [1.82, 2.24) is 0 Å². The molecular weight excluding hydrogens is 773 g/mol. The number of esters is 1. The van der Waals surface area contributed by atoms with Crippen molar-refractivity contribution in [3.05, 3.63) is 83.4 Å². The zero-order valence-electron chi connectivity index (χ0n) is 40.6. The van der Waals surface area contributed by atoms with E-state index in [4.69, 9.17) is 18.3 Å². The van der Waals surface area contributed by atoms with Crippen LogP contribution < -0.4 is 0 Å². The van der Waals surface area contributed by atoms with E-state index in [2.05, 4.69) is 139 Å². The summed E-state index contributed by atoms with van der Waals surface area (Å²) in [5, 5.41) is 0.290. The van der Waals surface area contributed by atoms with Crippen molar-refractivity contribution in [3.63, 3.8) is 0 Å². The zero-order valence-corrected chi connectivity index (χ0v) is 42.6. The molecule has 0 N–H and O–H groups in total. The lowest BCUT2D eigenvalue weighted by Crippen LogP contribution is -2.67. The van der Waals surface area contributed by atoms with Gasteiger partial charge in [0.25, 0.3) is 0 Å². The van der Waals surface area contributed by atoms with Crippen LogP contribution in [-0.4, -0.2) is 48.0 Å². The maximum absolute atomic E-state index is 14.1. The van der Waals surface area contributed by atoms with Crippen LogP contribution in [0.1, 0.15) is 143 Å². The van der Waals surface area contributed by atoms with Gasteiger partial charge in [-0.05, 0) is 133 Å². The topological polar surface area (TPSA) is 54.0 Å². The first-order valence-corrected chi connectivity index (χ1v) is 29.5. The predicted molar refractivity (Wildman–Crippen MR) is 254 cm³/mol. The Morgan fingerprint density at radius 3 is 2.05 bits per heavy atom. The van der Waals surface area contributed by atoms with Crippen molar-refractivity contribution in [1.29, 1.82) is 0 Å². The van der Waals surface area contributed by atoms with E-state index in [0.29, 0.717) is 43.0 Å². The Kier molecular flexibility index (Phi) is 13.6. The summed E-state index contributed by atoms with van der Waals surface area (Å²) < 4.78 is 27.9. The van der Waals surface area contributed by atoms with Crippen molar-refractivity contribution in [2.24, 2.45) is 45.3 Å². The molecular formula is C53H84O5Si2. The molecule has 4 aliphatic rings. The van der Waals surface area contributed by atoms with Crippen LogP contribution >= 0.6 is 0 Å². The summed E-state index contributed by atoms with van der Waals surface area (Å²) in [6, 6.07) is 20.0. The summed E-state index contributed by atoms with van der Waals surface area (Å²) in [7, 11) is -3.99. The third kappa shape index (κ3) is 8.63. The van der Waals surface area contributed by atoms with Gasteiger partial charge in [-0.2, -0.15) is 0 Å². The summed E-state index contributed by atoms with van der Waals surface area (Å²) >= 11 is 0. The van der Waals surface area contributed by atoms with Crippen LogP contribution in [0.4, 0.5) is 0 Å². The summed E-state index contributed by atoms with van der Waals surface area (Å²) in [6.07, 6.45) is 11.3. The third-order valence-electron chi connectivity index (χ3n) is 18.5. The number of hydrogen-bond donors (Lipinski definition) is 0. The number of allylic oxidation sites excluding steroid dienone is 2. The maximum Gasteiger partial charge on any atom is 0.338 e. The Morgan fingerprint density at radius 1 is 0.817 bits per heavy atom. The number of rotatable bonds is 14. The first-order valence-electron chi connectivity index (χ1n) is 23.7. The van der Waals surface area contributed by atoms with E-state index in [-0.39, 0.29) is 50.4 Å². The molecule has 10 atom stereocenters. The minimum atomic E-state index is -2.25. The lowest BCUT2D eigenvalue weighted by atomic mass is 9.40. The summed E-state index contributed by atoms with van der Waals surface area (Å²) in [5.74, 6) is 1.72. The fraction of sp³-hybridized carbons (Fsp3) is 0.717. The van der Waals surface area contributed by atoms with E-state index in [1.165, 1.54) is 32.1 Å². The van der Waals surface area contributed by atoms with E-state index in [9.17, 15) is 4.79 Å². The normalized spacial score (nSPS) is 33.9. The van der Waals surface area contributed by atoms with Crippen LogP contribution in [0.15, 0.2) is 72.3 Å².